The lowest BCUT2D eigenvalue weighted by atomic mass is 9.84. The Labute approximate surface area is 211 Å². The van der Waals surface area contributed by atoms with Crippen LogP contribution in [0, 0.1) is 5.92 Å². The Bertz CT molecular complexity index is 1030. The zero-order valence-electron chi connectivity index (χ0n) is 20.8. The third kappa shape index (κ3) is 7.03. The van der Waals surface area contributed by atoms with E-state index in [1.807, 2.05) is 41.3 Å². The topological polar surface area (TPSA) is 59.1 Å². The van der Waals surface area contributed by atoms with Crippen LogP contribution in [0.5, 0.6) is 5.75 Å². The molecule has 0 atom stereocenters. The third-order valence-corrected chi connectivity index (χ3v) is 7.16. The highest BCUT2D eigenvalue weighted by Crippen LogP contribution is 2.37. The molecule has 1 aliphatic carbocycles. The highest BCUT2D eigenvalue weighted by Gasteiger charge is 2.36. The lowest BCUT2D eigenvalue weighted by molar-refractivity contribution is -0.135. The van der Waals surface area contributed by atoms with E-state index in [0.29, 0.717) is 44.5 Å². The summed E-state index contributed by atoms with van der Waals surface area (Å²) in [4.78, 5) is 28.5. The first kappa shape index (κ1) is 26.1. The van der Waals surface area contributed by atoms with Crippen LogP contribution in [0.1, 0.15) is 53.6 Å². The smallest absolute Gasteiger partial charge is 0.337 e. The van der Waals surface area contributed by atoms with E-state index < -0.39 is 5.92 Å². The summed E-state index contributed by atoms with van der Waals surface area (Å²) < 4.78 is 37.6. The number of alkyl halides is 2. The molecule has 2 aliphatic rings. The van der Waals surface area contributed by atoms with Gasteiger partial charge in [0.05, 0.1) is 12.7 Å². The fourth-order valence-corrected chi connectivity index (χ4v) is 4.87. The highest BCUT2D eigenvalue weighted by molar-refractivity contribution is 5.89. The molecule has 1 amide bonds. The molecule has 1 aliphatic heterocycles. The number of carbonyl (C=O) groups is 2. The van der Waals surface area contributed by atoms with Crippen LogP contribution in [-0.2, 0) is 22.7 Å². The molecule has 1 saturated heterocycles. The number of para-hydroxylation sites is 1. The van der Waals surface area contributed by atoms with E-state index in [9.17, 15) is 18.4 Å². The van der Waals surface area contributed by atoms with Crippen molar-refractivity contribution >= 4 is 11.9 Å². The average molecular weight is 501 g/mol. The van der Waals surface area contributed by atoms with Crippen molar-refractivity contribution in [3.05, 3.63) is 65.2 Å². The number of halogens is 2. The number of benzene rings is 2. The van der Waals surface area contributed by atoms with Crippen LogP contribution in [0.15, 0.2) is 48.5 Å². The standard InChI is InChI=1S/C28H34F2N2O4/c1-35-27(34)23-8-6-22(7-9-23)20-36-25-5-3-2-4-24(25)19-31-14-16-32(17-15-31)26(33)18-21-10-12-28(29,30)13-11-21/h2-9,21H,10-20H2,1H3. The number of piperazine rings is 1. The maximum atomic E-state index is 13.4. The molecule has 4 rings (SSSR count). The predicted octanol–water partition coefficient (Wildman–Crippen LogP) is 4.91. The molecule has 2 fully saturated rings. The van der Waals surface area contributed by atoms with Gasteiger partial charge in [0.25, 0.3) is 0 Å². The van der Waals surface area contributed by atoms with E-state index >= 15 is 0 Å². The molecule has 194 valence electrons. The summed E-state index contributed by atoms with van der Waals surface area (Å²) in [5.74, 6) is -1.95. The Morgan fingerprint density at radius 1 is 0.972 bits per heavy atom. The van der Waals surface area contributed by atoms with Crippen molar-refractivity contribution in [1.82, 2.24) is 9.80 Å². The van der Waals surface area contributed by atoms with Gasteiger partial charge < -0.3 is 14.4 Å². The van der Waals surface area contributed by atoms with Crippen molar-refractivity contribution in [2.24, 2.45) is 5.92 Å². The van der Waals surface area contributed by atoms with Crippen molar-refractivity contribution in [2.75, 3.05) is 33.3 Å². The Morgan fingerprint density at radius 3 is 2.31 bits per heavy atom. The van der Waals surface area contributed by atoms with Gasteiger partial charge in [-0.2, -0.15) is 0 Å². The number of amides is 1. The number of ether oxygens (including phenoxy) is 2. The summed E-state index contributed by atoms with van der Waals surface area (Å²) in [5, 5.41) is 0. The number of hydrogen-bond acceptors (Lipinski definition) is 5. The monoisotopic (exact) mass is 500 g/mol. The van der Waals surface area contributed by atoms with Crippen LogP contribution in [-0.4, -0.2) is 60.9 Å². The molecule has 0 spiro atoms. The van der Waals surface area contributed by atoms with Gasteiger partial charge in [0.1, 0.15) is 12.4 Å². The van der Waals surface area contributed by atoms with Gasteiger partial charge in [-0.05, 0) is 42.5 Å². The van der Waals surface area contributed by atoms with Gasteiger partial charge in [-0.15, -0.1) is 0 Å². The first-order chi connectivity index (χ1) is 17.3. The van der Waals surface area contributed by atoms with E-state index in [1.165, 1.54) is 7.11 Å². The maximum absolute atomic E-state index is 13.4. The van der Waals surface area contributed by atoms with E-state index in [0.717, 1.165) is 36.5 Å². The lowest BCUT2D eigenvalue weighted by Gasteiger charge is -2.36. The number of rotatable bonds is 8. The molecular weight excluding hydrogens is 466 g/mol. The molecule has 2 aromatic carbocycles. The first-order valence-corrected chi connectivity index (χ1v) is 12.6. The van der Waals surface area contributed by atoms with Crippen LogP contribution in [0.2, 0.25) is 0 Å². The number of nitrogens with zero attached hydrogens (tertiary/aromatic N) is 2. The molecule has 36 heavy (non-hydrogen) atoms. The minimum atomic E-state index is -2.56. The molecular formula is C28H34F2N2O4. The molecule has 0 radical (unpaired) electrons. The van der Waals surface area contributed by atoms with E-state index in [4.69, 9.17) is 9.47 Å². The molecule has 8 heteroatoms. The van der Waals surface area contributed by atoms with Gasteiger partial charge in [-0.25, -0.2) is 13.6 Å². The predicted molar refractivity (Wildman–Crippen MR) is 132 cm³/mol. The molecule has 1 saturated carbocycles. The summed E-state index contributed by atoms with van der Waals surface area (Å²) in [6.07, 6.45) is 1.06. The first-order valence-electron chi connectivity index (χ1n) is 12.6. The molecule has 2 aromatic rings. The Hall–Kier alpha value is -3.00. The number of hydrogen-bond donors (Lipinski definition) is 0. The maximum Gasteiger partial charge on any atom is 0.337 e. The van der Waals surface area contributed by atoms with Gasteiger partial charge in [-0.3, -0.25) is 9.69 Å². The van der Waals surface area contributed by atoms with Crippen LogP contribution < -0.4 is 4.74 Å². The minimum absolute atomic E-state index is 0.0795. The normalized spacial score (nSPS) is 18.6. The van der Waals surface area contributed by atoms with Crippen molar-refractivity contribution in [3.8, 4) is 5.75 Å². The summed E-state index contributed by atoms with van der Waals surface area (Å²) in [5.41, 5.74) is 2.53. The highest BCUT2D eigenvalue weighted by atomic mass is 19.3. The minimum Gasteiger partial charge on any atom is -0.489 e. The molecule has 0 bridgehead atoms. The molecule has 1 heterocycles. The van der Waals surface area contributed by atoms with Crippen molar-refractivity contribution in [2.45, 2.75) is 51.2 Å². The Morgan fingerprint density at radius 2 is 1.64 bits per heavy atom. The zero-order valence-corrected chi connectivity index (χ0v) is 20.8. The second kappa shape index (κ2) is 11.8. The van der Waals surface area contributed by atoms with Gasteiger partial charge in [0, 0.05) is 57.5 Å². The molecule has 0 N–H and O–H groups in total. The van der Waals surface area contributed by atoms with Gasteiger partial charge in [0.2, 0.25) is 11.8 Å². The summed E-state index contributed by atoms with van der Waals surface area (Å²) in [6.45, 7) is 3.93. The van der Waals surface area contributed by atoms with Gasteiger partial charge in [0.15, 0.2) is 0 Å². The van der Waals surface area contributed by atoms with E-state index in [2.05, 4.69) is 4.90 Å². The van der Waals surface area contributed by atoms with Gasteiger partial charge >= 0.3 is 5.97 Å². The van der Waals surface area contributed by atoms with Gasteiger partial charge in [-0.1, -0.05) is 30.3 Å². The zero-order chi connectivity index (χ0) is 25.5. The van der Waals surface area contributed by atoms with Crippen molar-refractivity contribution in [1.29, 1.82) is 0 Å². The van der Waals surface area contributed by atoms with Crippen molar-refractivity contribution in [3.63, 3.8) is 0 Å². The number of methoxy groups -OCH3 is 1. The van der Waals surface area contributed by atoms with E-state index in [-0.39, 0.29) is 30.6 Å². The fraction of sp³-hybridized carbons (Fsp3) is 0.500. The molecule has 6 nitrogen and oxygen atoms in total. The second-order valence-electron chi connectivity index (χ2n) is 9.75. The van der Waals surface area contributed by atoms with Crippen LogP contribution >= 0.6 is 0 Å². The SMILES string of the molecule is COC(=O)c1ccc(COc2ccccc2CN2CCN(C(=O)CC3CCC(F)(F)CC3)CC2)cc1. The fourth-order valence-electron chi connectivity index (χ4n) is 4.87. The summed E-state index contributed by atoms with van der Waals surface area (Å²) >= 11 is 0. The largest absolute Gasteiger partial charge is 0.489 e. The average Bonchev–Trinajstić information content (AvgIpc) is 2.89. The number of esters is 1. The van der Waals surface area contributed by atoms with E-state index in [1.54, 1.807) is 12.1 Å². The van der Waals surface area contributed by atoms with Crippen LogP contribution in [0.25, 0.3) is 0 Å². The third-order valence-electron chi connectivity index (χ3n) is 7.16. The molecule has 0 aromatic heterocycles. The van der Waals surface area contributed by atoms with Crippen LogP contribution in [0.3, 0.4) is 0 Å². The quantitative estimate of drug-likeness (QED) is 0.482. The summed E-state index contributed by atoms with van der Waals surface area (Å²) in [7, 11) is 1.36. The Kier molecular flexibility index (Phi) is 8.56. The molecule has 0 unspecified atom stereocenters. The van der Waals surface area contributed by atoms with Crippen molar-refractivity contribution < 1.29 is 27.8 Å². The number of carbonyl (C=O) groups excluding carboxylic acids is 2. The lowest BCUT2D eigenvalue weighted by Crippen LogP contribution is -2.48. The van der Waals surface area contributed by atoms with Crippen LogP contribution in [0.4, 0.5) is 8.78 Å². The Balaban J connectivity index is 1.24. The second-order valence-corrected chi connectivity index (χ2v) is 9.75. The summed E-state index contributed by atoms with van der Waals surface area (Å²) in [6, 6.07) is 15.1.